The second-order valence-electron chi connectivity index (χ2n) is 21.7. The quantitative estimate of drug-likeness (QED) is 0.0195. The minimum absolute atomic E-state index is 0.0355. The number of esters is 2. The average Bonchev–Trinajstić information content (AvgIpc) is 3.38. The Bertz CT molecular complexity index is 1600. The van der Waals surface area contributed by atoms with Crippen LogP contribution in [0.15, 0.2) is 97.2 Å². The Morgan fingerprint density at radius 2 is 0.750 bits per heavy atom. The van der Waals surface area contributed by atoms with Crippen LogP contribution >= 0.6 is 7.82 Å². The molecule has 10 heteroatoms. The average molecular weight is 1080 g/mol. The summed E-state index contributed by atoms with van der Waals surface area (Å²) in [4.78, 5) is 37.9. The van der Waals surface area contributed by atoms with Crippen molar-refractivity contribution in [2.45, 2.75) is 264 Å². The molecule has 0 amide bonds. The van der Waals surface area contributed by atoms with Gasteiger partial charge in [-0.3, -0.25) is 14.2 Å². The maximum absolute atomic E-state index is 12.8. The Morgan fingerprint density at radius 1 is 0.421 bits per heavy atom. The fraction of sp³-hybridized carbons (Fsp3) is 0.727. The van der Waals surface area contributed by atoms with Gasteiger partial charge in [0.15, 0.2) is 6.10 Å². The van der Waals surface area contributed by atoms with E-state index in [0.29, 0.717) is 17.4 Å². The van der Waals surface area contributed by atoms with Crippen molar-refractivity contribution in [2.75, 3.05) is 47.5 Å². The maximum atomic E-state index is 12.8. The molecule has 0 rings (SSSR count). The van der Waals surface area contributed by atoms with Crippen molar-refractivity contribution >= 4 is 19.8 Å². The SMILES string of the molecule is CC/C=C\C/C=C\C/C=C\C/C=C\C/C=C\C/C=C\C/C=C\C/C=C\CCCCCCCCCCC(=O)OC(COC(=O)CCCCCCCCCCCCCCCCCCCCC)COP(=O)([O-])OCC[N+](C)(C)C. The summed E-state index contributed by atoms with van der Waals surface area (Å²) in [7, 11) is 1.16. The first-order valence-electron chi connectivity index (χ1n) is 30.9. The zero-order chi connectivity index (χ0) is 55.6. The molecule has 0 heterocycles. The number of carbonyl (C=O) groups is 2. The highest BCUT2D eigenvalue weighted by Crippen LogP contribution is 2.38. The van der Waals surface area contributed by atoms with Gasteiger partial charge < -0.3 is 27.9 Å². The van der Waals surface area contributed by atoms with Gasteiger partial charge in [0.1, 0.15) is 19.8 Å². The van der Waals surface area contributed by atoms with Crippen molar-refractivity contribution in [2.24, 2.45) is 0 Å². The van der Waals surface area contributed by atoms with Gasteiger partial charge in [0.2, 0.25) is 0 Å². The first-order chi connectivity index (χ1) is 37.0. The normalized spacial score (nSPS) is 13.9. The second kappa shape index (κ2) is 56.6. The van der Waals surface area contributed by atoms with E-state index in [9.17, 15) is 19.0 Å². The molecule has 0 bridgehead atoms. The van der Waals surface area contributed by atoms with E-state index in [1.807, 2.05) is 21.1 Å². The number of hydrogen-bond donors (Lipinski definition) is 0. The highest BCUT2D eigenvalue weighted by Gasteiger charge is 2.22. The Balaban J connectivity index is 4.16. The fourth-order valence-electron chi connectivity index (χ4n) is 8.38. The number of ether oxygens (including phenoxy) is 2. The van der Waals surface area contributed by atoms with E-state index in [0.717, 1.165) is 96.3 Å². The van der Waals surface area contributed by atoms with Gasteiger partial charge in [-0.15, -0.1) is 0 Å². The van der Waals surface area contributed by atoms with Gasteiger partial charge in [-0.05, 0) is 77.0 Å². The molecule has 0 saturated carbocycles. The highest BCUT2D eigenvalue weighted by molar-refractivity contribution is 7.45. The van der Waals surface area contributed by atoms with Crippen molar-refractivity contribution in [3.63, 3.8) is 0 Å². The molecule has 438 valence electrons. The number of phosphoric ester groups is 1. The highest BCUT2D eigenvalue weighted by atomic mass is 31.2. The molecule has 0 fully saturated rings. The van der Waals surface area contributed by atoms with Gasteiger partial charge >= 0.3 is 11.9 Å². The van der Waals surface area contributed by atoms with Crippen molar-refractivity contribution in [3.05, 3.63) is 97.2 Å². The Morgan fingerprint density at radius 3 is 1.12 bits per heavy atom. The zero-order valence-corrected chi connectivity index (χ0v) is 50.6. The first-order valence-corrected chi connectivity index (χ1v) is 32.4. The molecular formula is C66H116NO8P. The van der Waals surface area contributed by atoms with Crippen LogP contribution in [0, 0.1) is 0 Å². The van der Waals surface area contributed by atoms with E-state index in [-0.39, 0.29) is 32.0 Å². The number of carbonyl (C=O) groups excluding carboxylic acids is 2. The van der Waals surface area contributed by atoms with Gasteiger partial charge in [-0.1, -0.05) is 265 Å². The molecule has 2 unspecified atom stereocenters. The molecule has 0 saturated heterocycles. The Labute approximate surface area is 468 Å². The van der Waals surface area contributed by atoms with Crippen LogP contribution in [0.5, 0.6) is 0 Å². The molecule has 2 atom stereocenters. The fourth-order valence-corrected chi connectivity index (χ4v) is 9.11. The third-order valence-electron chi connectivity index (χ3n) is 13.1. The monoisotopic (exact) mass is 1080 g/mol. The van der Waals surface area contributed by atoms with Gasteiger partial charge in [-0.25, -0.2) is 0 Å². The van der Waals surface area contributed by atoms with Crippen LogP contribution in [0.2, 0.25) is 0 Å². The standard InChI is InChI=1S/C66H116NO8P/c1-6-8-10-12-14-16-18-20-22-24-26-27-28-29-30-31-32-33-34-35-36-37-38-39-41-43-45-47-49-51-53-55-57-59-66(69)75-64(63-74-76(70,71)73-61-60-67(3,4)5)62-72-65(68)58-56-54-52-50-48-46-44-42-40-25-23-21-19-17-15-13-11-9-7-2/h8,10,14,16,20,22,26-27,29-30,32-33,35-36,38-39,64H,6-7,9,11-13,15,17-19,21,23-25,28,31,34,37,40-63H2,1-5H3/b10-8-,16-14-,22-20-,27-26-,30-29-,33-32-,36-35-,39-38-. The maximum Gasteiger partial charge on any atom is 0.306 e. The molecule has 0 aliphatic heterocycles. The number of phosphoric acid groups is 1. The summed E-state index contributed by atoms with van der Waals surface area (Å²) in [5.74, 6) is -0.839. The lowest BCUT2D eigenvalue weighted by molar-refractivity contribution is -0.870. The van der Waals surface area contributed by atoms with Crippen molar-refractivity contribution < 1.29 is 42.1 Å². The molecule has 0 spiro atoms. The van der Waals surface area contributed by atoms with Crippen LogP contribution < -0.4 is 4.89 Å². The number of nitrogens with zero attached hydrogens (tertiary/aromatic N) is 1. The first kappa shape index (κ1) is 72.9. The Kier molecular flexibility index (Phi) is 54.4. The minimum Gasteiger partial charge on any atom is -0.756 e. The van der Waals surface area contributed by atoms with E-state index < -0.39 is 26.5 Å². The lowest BCUT2D eigenvalue weighted by Crippen LogP contribution is -2.37. The minimum atomic E-state index is -4.64. The van der Waals surface area contributed by atoms with Gasteiger partial charge in [0.05, 0.1) is 27.7 Å². The molecule has 76 heavy (non-hydrogen) atoms. The van der Waals surface area contributed by atoms with Crippen LogP contribution in [0.3, 0.4) is 0 Å². The molecule has 0 N–H and O–H groups in total. The van der Waals surface area contributed by atoms with Gasteiger partial charge in [0, 0.05) is 12.8 Å². The summed E-state index contributed by atoms with van der Waals surface area (Å²) in [6, 6.07) is 0. The van der Waals surface area contributed by atoms with Gasteiger partial charge in [0.25, 0.3) is 7.82 Å². The topological polar surface area (TPSA) is 111 Å². The van der Waals surface area contributed by atoms with Crippen LogP contribution in [0.25, 0.3) is 0 Å². The summed E-state index contributed by atoms with van der Waals surface area (Å²) < 4.78 is 34.2. The number of unbranched alkanes of at least 4 members (excludes halogenated alkanes) is 26. The van der Waals surface area contributed by atoms with Crippen LogP contribution in [0.1, 0.15) is 258 Å². The van der Waals surface area contributed by atoms with Crippen LogP contribution in [0.4, 0.5) is 0 Å². The van der Waals surface area contributed by atoms with E-state index in [1.165, 1.54) is 128 Å². The molecule has 0 aromatic carbocycles. The lowest BCUT2D eigenvalue weighted by Gasteiger charge is -2.28. The van der Waals surface area contributed by atoms with Crippen LogP contribution in [-0.4, -0.2) is 70.0 Å². The number of rotatable bonds is 56. The smallest absolute Gasteiger partial charge is 0.306 e. The lowest BCUT2D eigenvalue weighted by atomic mass is 10.0. The van der Waals surface area contributed by atoms with E-state index in [4.69, 9.17) is 18.5 Å². The molecule has 0 aromatic rings. The number of hydrogen-bond acceptors (Lipinski definition) is 8. The molecule has 9 nitrogen and oxygen atoms in total. The van der Waals surface area contributed by atoms with Crippen molar-refractivity contribution in [1.82, 2.24) is 0 Å². The number of allylic oxidation sites excluding steroid dienone is 16. The Hall–Kier alpha value is -3.07. The van der Waals surface area contributed by atoms with E-state index in [1.54, 1.807) is 0 Å². The van der Waals surface area contributed by atoms with E-state index in [2.05, 4.69) is 111 Å². The molecule has 0 aromatic heterocycles. The summed E-state index contributed by atoms with van der Waals surface area (Å²) in [6.45, 7) is 4.13. The summed E-state index contributed by atoms with van der Waals surface area (Å²) in [5.41, 5.74) is 0. The molecule has 0 radical (unpaired) electrons. The van der Waals surface area contributed by atoms with Crippen LogP contribution in [-0.2, 0) is 32.7 Å². The zero-order valence-electron chi connectivity index (χ0n) is 49.7. The van der Waals surface area contributed by atoms with Gasteiger partial charge in [-0.2, -0.15) is 0 Å². The largest absolute Gasteiger partial charge is 0.756 e. The third kappa shape index (κ3) is 60.2. The van der Waals surface area contributed by atoms with Crippen molar-refractivity contribution in [3.8, 4) is 0 Å². The predicted octanol–water partition coefficient (Wildman–Crippen LogP) is 19.0. The van der Waals surface area contributed by atoms with Crippen molar-refractivity contribution in [1.29, 1.82) is 0 Å². The third-order valence-corrected chi connectivity index (χ3v) is 14.1. The van der Waals surface area contributed by atoms with E-state index >= 15 is 0 Å². The number of likely N-dealkylation sites (N-methyl/N-ethyl adjacent to an activating group) is 1. The molecular weight excluding hydrogens is 966 g/mol. The molecule has 0 aliphatic carbocycles. The number of quaternary nitrogens is 1. The predicted molar refractivity (Wildman–Crippen MR) is 323 cm³/mol. The summed E-state index contributed by atoms with van der Waals surface area (Å²) >= 11 is 0. The second-order valence-corrected chi connectivity index (χ2v) is 23.1. The summed E-state index contributed by atoms with van der Waals surface area (Å²) in [5, 5.41) is 0. The summed E-state index contributed by atoms with van der Waals surface area (Å²) in [6.07, 6.45) is 77.4. The molecule has 0 aliphatic rings.